The minimum atomic E-state index is -2.93. The van der Waals surface area contributed by atoms with E-state index in [0.29, 0.717) is 5.56 Å². The van der Waals surface area contributed by atoms with Crippen molar-refractivity contribution in [2.75, 3.05) is 12.4 Å². The van der Waals surface area contributed by atoms with E-state index in [2.05, 4.69) is 15.0 Å². The van der Waals surface area contributed by atoms with Crippen LogP contribution in [-0.4, -0.2) is 19.7 Å². The lowest BCUT2D eigenvalue weighted by molar-refractivity contribution is -0.0512. The summed E-state index contributed by atoms with van der Waals surface area (Å²) < 4.78 is 34.3. The zero-order valence-electron chi connectivity index (χ0n) is 13.4. The molecule has 2 aromatic rings. The average molecular weight is 335 g/mol. The fourth-order valence-corrected chi connectivity index (χ4v) is 2.01. The van der Waals surface area contributed by atoms with Crippen LogP contribution in [0.1, 0.15) is 11.1 Å². The first kappa shape index (κ1) is 17.5. The second-order valence-corrected chi connectivity index (χ2v) is 5.06. The normalized spacial score (nSPS) is 11.5. The lowest BCUT2D eigenvalue weighted by atomic mass is 10.2. The van der Waals surface area contributed by atoms with Gasteiger partial charge in [-0.2, -0.15) is 8.78 Å². The molecule has 2 rings (SSSR count). The maximum Gasteiger partial charge on any atom is 0.387 e. The molecule has 24 heavy (non-hydrogen) atoms. The van der Waals surface area contributed by atoms with E-state index in [4.69, 9.17) is 10.5 Å². The van der Waals surface area contributed by atoms with E-state index in [1.165, 1.54) is 13.2 Å². The van der Waals surface area contributed by atoms with Crippen LogP contribution in [0.15, 0.2) is 47.5 Å². The van der Waals surface area contributed by atoms with Gasteiger partial charge in [-0.05, 0) is 36.8 Å². The van der Waals surface area contributed by atoms with Crippen LogP contribution in [0.3, 0.4) is 0 Å². The highest BCUT2D eigenvalue weighted by atomic mass is 19.3. The highest BCUT2D eigenvalue weighted by molar-refractivity contribution is 5.92. The summed E-state index contributed by atoms with van der Waals surface area (Å²) in [6.45, 7) is -0.718. The summed E-state index contributed by atoms with van der Waals surface area (Å²) in [6, 6.07) is 12.4. The molecule has 0 aromatic heterocycles. The van der Waals surface area contributed by atoms with Gasteiger partial charge in [0.15, 0.2) is 17.5 Å². The number of guanidine groups is 1. The van der Waals surface area contributed by atoms with Gasteiger partial charge in [-0.3, -0.25) is 0 Å². The number of hydrogen-bond acceptors (Lipinski definition) is 3. The lowest BCUT2D eigenvalue weighted by Gasteiger charge is -2.11. The zero-order valence-corrected chi connectivity index (χ0v) is 13.4. The Bertz CT molecular complexity index is 703. The molecule has 2 aromatic carbocycles. The average Bonchev–Trinajstić information content (AvgIpc) is 2.55. The molecule has 0 aliphatic heterocycles. The van der Waals surface area contributed by atoms with Crippen molar-refractivity contribution < 1.29 is 18.3 Å². The molecule has 7 heteroatoms. The van der Waals surface area contributed by atoms with Gasteiger partial charge in [-0.15, -0.1) is 0 Å². The van der Waals surface area contributed by atoms with Crippen LogP contribution < -0.4 is 20.5 Å². The van der Waals surface area contributed by atoms with Crippen LogP contribution in [0.25, 0.3) is 0 Å². The number of nitrogens with zero attached hydrogens (tertiary/aromatic N) is 1. The Morgan fingerprint density at radius 3 is 2.50 bits per heavy atom. The van der Waals surface area contributed by atoms with Crippen LogP contribution in [-0.2, 0) is 6.54 Å². The fraction of sp³-hybridized carbons (Fsp3) is 0.235. The molecule has 0 heterocycles. The number of anilines is 1. The first-order chi connectivity index (χ1) is 11.5. The number of halogens is 2. The molecule has 0 unspecified atom stereocenters. The Kier molecular flexibility index (Phi) is 5.95. The predicted molar refractivity (Wildman–Crippen MR) is 89.8 cm³/mol. The molecular formula is C17H19F2N3O2. The number of nitrogens with one attached hydrogen (secondary N) is 1. The van der Waals surface area contributed by atoms with Crippen molar-refractivity contribution in [3.8, 4) is 11.5 Å². The summed E-state index contributed by atoms with van der Waals surface area (Å²) in [4.78, 5) is 4.19. The molecule has 0 radical (unpaired) electrons. The topological polar surface area (TPSA) is 68.9 Å². The van der Waals surface area contributed by atoms with E-state index >= 15 is 0 Å². The number of aliphatic imine (C=N–C) groups is 1. The molecule has 0 aliphatic carbocycles. The van der Waals surface area contributed by atoms with E-state index in [1.807, 2.05) is 31.2 Å². The minimum Gasteiger partial charge on any atom is -0.493 e. The minimum absolute atomic E-state index is 0.0368. The molecule has 0 saturated carbocycles. The lowest BCUT2D eigenvalue weighted by Crippen LogP contribution is -2.22. The van der Waals surface area contributed by atoms with Gasteiger partial charge in [0.1, 0.15) is 0 Å². The molecule has 0 saturated heterocycles. The van der Waals surface area contributed by atoms with Gasteiger partial charge in [0, 0.05) is 5.69 Å². The molecule has 128 valence electrons. The van der Waals surface area contributed by atoms with Gasteiger partial charge in [0.05, 0.1) is 13.7 Å². The van der Waals surface area contributed by atoms with E-state index in [9.17, 15) is 8.78 Å². The van der Waals surface area contributed by atoms with Crippen LogP contribution in [0, 0.1) is 6.92 Å². The number of aryl methyl sites for hydroxylation is 1. The second-order valence-electron chi connectivity index (χ2n) is 5.06. The summed E-state index contributed by atoms with van der Waals surface area (Å²) >= 11 is 0. The van der Waals surface area contributed by atoms with Crippen LogP contribution in [0.5, 0.6) is 11.5 Å². The number of ether oxygens (including phenoxy) is 2. The second kappa shape index (κ2) is 8.14. The first-order valence-electron chi connectivity index (χ1n) is 7.23. The van der Waals surface area contributed by atoms with E-state index < -0.39 is 6.61 Å². The molecule has 0 atom stereocenters. The number of nitrogens with two attached hydrogens (primary N) is 1. The van der Waals surface area contributed by atoms with Crippen molar-refractivity contribution in [2.24, 2.45) is 10.7 Å². The molecule has 0 spiro atoms. The van der Waals surface area contributed by atoms with Crippen molar-refractivity contribution in [2.45, 2.75) is 20.1 Å². The molecule has 0 amide bonds. The fourth-order valence-electron chi connectivity index (χ4n) is 2.01. The van der Waals surface area contributed by atoms with Crippen molar-refractivity contribution in [3.05, 3.63) is 53.6 Å². The maximum atomic E-state index is 12.4. The van der Waals surface area contributed by atoms with Gasteiger partial charge in [0.2, 0.25) is 0 Å². The van der Waals surface area contributed by atoms with Crippen LogP contribution in [0.4, 0.5) is 14.5 Å². The monoisotopic (exact) mass is 335 g/mol. The van der Waals surface area contributed by atoms with E-state index in [0.717, 1.165) is 11.3 Å². The Morgan fingerprint density at radius 1 is 1.17 bits per heavy atom. The number of methoxy groups -OCH3 is 1. The smallest absolute Gasteiger partial charge is 0.387 e. The number of alkyl halides is 2. The largest absolute Gasteiger partial charge is 0.493 e. The number of rotatable bonds is 6. The summed E-state index contributed by atoms with van der Waals surface area (Å²) in [7, 11) is 1.38. The third-order valence-corrected chi connectivity index (χ3v) is 3.20. The highest BCUT2D eigenvalue weighted by Crippen LogP contribution is 2.29. The summed E-state index contributed by atoms with van der Waals surface area (Å²) in [5.74, 6) is 0.421. The molecule has 0 aliphatic rings. The maximum absolute atomic E-state index is 12.4. The molecule has 5 nitrogen and oxygen atoms in total. The third-order valence-electron chi connectivity index (χ3n) is 3.20. The van der Waals surface area contributed by atoms with Crippen molar-refractivity contribution in [3.63, 3.8) is 0 Å². The summed E-state index contributed by atoms with van der Waals surface area (Å²) in [5, 5.41) is 2.96. The number of hydrogen-bond donors (Lipinski definition) is 2. The Labute approximate surface area is 139 Å². The van der Waals surface area contributed by atoms with E-state index in [1.54, 1.807) is 12.1 Å². The first-order valence-corrected chi connectivity index (χ1v) is 7.23. The van der Waals surface area contributed by atoms with Gasteiger partial charge in [-0.25, -0.2) is 4.99 Å². The predicted octanol–water partition coefficient (Wildman–Crippen LogP) is 3.53. The molecule has 0 fully saturated rings. The zero-order chi connectivity index (χ0) is 17.5. The Balaban J connectivity index is 2.05. The standard InChI is InChI=1S/C17H19F2N3O2/c1-11-3-6-13(7-4-11)22-17(20)21-10-12-5-8-14(23-2)15(9-12)24-16(18)19/h3-9,16H,10H2,1-2H3,(H3,20,21,22). The van der Waals surface area contributed by atoms with Gasteiger partial charge >= 0.3 is 6.61 Å². The van der Waals surface area contributed by atoms with Crippen molar-refractivity contribution >= 4 is 11.6 Å². The summed E-state index contributed by atoms with van der Waals surface area (Å²) in [5.41, 5.74) is 8.45. The quantitative estimate of drug-likeness (QED) is 0.626. The molecular weight excluding hydrogens is 316 g/mol. The van der Waals surface area contributed by atoms with Gasteiger partial charge in [-0.1, -0.05) is 23.8 Å². The van der Waals surface area contributed by atoms with E-state index in [-0.39, 0.29) is 24.0 Å². The Hall–Kier alpha value is -2.83. The van der Waals surface area contributed by atoms with Crippen molar-refractivity contribution in [1.29, 1.82) is 0 Å². The van der Waals surface area contributed by atoms with Gasteiger partial charge in [0.25, 0.3) is 0 Å². The Morgan fingerprint density at radius 2 is 1.88 bits per heavy atom. The SMILES string of the molecule is COc1ccc(CN=C(N)Nc2ccc(C)cc2)cc1OC(F)F. The third kappa shape index (κ3) is 5.12. The van der Waals surface area contributed by atoms with Gasteiger partial charge < -0.3 is 20.5 Å². The molecule has 3 N–H and O–H groups in total. The molecule has 0 bridgehead atoms. The number of benzene rings is 2. The highest BCUT2D eigenvalue weighted by Gasteiger charge is 2.11. The van der Waals surface area contributed by atoms with Crippen LogP contribution in [0.2, 0.25) is 0 Å². The van der Waals surface area contributed by atoms with Crippen LogP contribution >= 0.6 is 0 Å². The summed E-state index contributed by atoms with van der Waals surface area (Å²) in [6.07, 6.45) is 0. The van der Waals surface area contributed by atoms with Crippen molar-refractivity contribution in [1.82, 2.24) is 0 Å².